The monoisotopic (exact) mass is 310 g/mol. The van der Waals surface area contributed by atoms with Gasteiger partial charge in [-0.1, -0.05) is 15.9 Å². The van der Waals surface area contributed by atoms with Crippen LogP contribution in [0.15, 0.2) is 16.6 Å². The van der Waals surface area contributed by atoms with E-state index in [1.54, 1.807) is 0 Å². The molecule has 1 heterocycles. The van der Waals surface area contributed by atoms with Crippen molar-refractivity contribution in [3.8, 4) is 0 Å². The molecule has 0 radical (unpaired) electrons. The maximum atomic E-state index is 11.9. The molecule has 1 amide bonds. The Morgan fingerprint density at radius 1 is 1.28 bits per heavy atom. The lowest BCUT2D eigenvalue weighted by Gasteiger charge is -2.20. The fourth-order valence-corrected chi connectivity index (χ4v) is 3.08. The molecule has 98 valence electrons. The summed E-state index contributed by atoms with van der Waals surface area (Å²) in [7, 11) is 0. The fourth-order valence-electron chi connectivity index (χ4n) is 2.39. The van der Waals surface area contributed by atoms with Gasteiger partial charge in [0.05, 0.1) is 0 Å². The highest BCUT2D eigenvalue weighted by molar-refractivity contribution is 9.10. The van der Waals surface area contributed by atoms with E-state index in [9.17, 15) is 4.79 Å². The molecule has 1 unspecified atom stereocenters. The summed E-state index contributed by atoms with van der Waals surface area (Å²) < 4.78 is 1.08. The predicted octanol–water partition coefficient (Wildman–Crippen LogP) is 3.15. The van der Waals surface area contributed by atoms with Crippen molar-refractivity contribution in [3.63, 3.8) is 0 Å². The summed E-state index contributed by atoms with van der Waals surface area (Å²) in [4.78, 5) is 11.9. The second kappa shape index (κ2) is 5.74. The molecule has 0 spiro atoms. The van der Waals surface area contributed by atoms with Gasteiger partial charge in [0.1, 0.15) is 6.04 Å². The van der Waals surface area contributed by atoms with Crippen molar-refractivity contribution < 1.29 is 4.79 Å². The van der Waals surface area contributed by atoms with Crippen molar-refractivity contribution in [2.45, 2.75) is 39.2 Å². The molecule has 1 fully saturated rings. The molecule has 1 saturated heterocycles. The molecule has 2 rings (SSSR count). The number of aryl methyl sites for hydroxylation is 2. The molecule has 0 aliphatic carbocycles. The van der Waals surface area contributed by atoms with Crippen LogP contribution in [0.5, 0.6) is 0 Å². The zero-order chi connectivity index (χ0) is 13.1. The Labute approximate surface area is 116 Å². The minimum atomic E-state index is -0.105. The molecular weight excluding hydrogens is 292 g/mol. The quantitative estimate of drug-likeness (QED) is 0.881. The third-order valence-electron chi connectivity index (χ3n) is 3.35. The lowest BCUT2D eigenvalue weighted by molar-refractivity contribution is -0.121. The van der Waals surface area contributed by atoms with Gasteiger partial charge in [-0.2, -0.15) is 0 Å². The molecule has 1 atom stereocenters. The first kappa shape index (κ1) is 13.4. The summed E-state index contributed by atoms with van der Waals surface area (Å²) in [6.45, 7) is 4.93. The number of nitrogens with one attached hydrogen (secondary N) is 2. The Morgan fingerprint density at radius 3 is 2.61 bits per heavy atom. The highest BCUT2D eigenvalue weighted by Gasteiger charge is 2.21. The Kier molecular flexibility index (Phi) is 4.27. The van der Waals surface area contributed by atoms with Gasteiger partial charge in [0, 0.05) is 16.7 Å². The first-order chi connectivity index (χ1) is 8.58. The Bertz CT molecular complexity index is 436. The van der Waals surface area contributed by atoms with Gasteiger partial charge in [-0.3, -0.25) is 4.79 Å². The van der Waals surface area contributed by atoms with Crippen LogP contribution in [0.3, 0.4) is 0 Å². The number of hydrogen-bond acceptors (Lipinski definition) is 2. The maximum absolute atomic E-state index is 11.9. The van der Waals surface area contributed by atoms with E-state index in [1.807, 2.05) is 0 Å². The van der Waals surface area contributed by atoms with E-state index < -0.39 is 0 Å². The molecule has 2 N–H and O–H groups in total. The summed E-state index contributed by atoms with van der Waals surface area (Å²) in [5.74, 6) is 0.120. The lowest BCUT2D eigenvalue weighted by Crippen LogP contribution is -2.38. The number of halogens is 1. The molecule has 1 aliphatic heterocycles. The van der Waals surface area contributed by atoms with E-state index >= 15 is 0 Å². The van der Waals surface area contributed by atoms with Crippen LogP contribution in [-0.2, 0) is 4.79 Å². The van der Waals surface area contributed by atoms with Gasteiger partial charge in [0.15, 0.2) is 0 Å². The summed E-state index contributed by atoms with van der Waals surface area (Å²) in [6, 6.07) is 4.04. The van der Waals surface area contributed by atoms with Crippen molar-refractivity contribution in [2.75, 3.05) is 11.9 Å². The fraction of sp³-hybridized carbons (Fsp3) is 0.500. The maximum Gasteiger partial charge on any atom is 0.242 e. The van der Waals surface area contributed by atoms with E-state index in [1.165, 1.54) is 11.1 Å². The van der Waals surface area contributed by atoms with E-state index in [-0.39, 0.29) is 11.9 Å². The van der Waals surface area contributed by atoms with Gasteiger partial charge in [-0.25, -0.2) is 0 Å². The number of anilines is 1. The van der Waals surface area contributed by atoms with Gasteiger partial charge < -0.3 is 10.6 Å². The normalized spacial score (nSPS) is 20.2. The van der Waals surface area contributed by atoms with Gasteiger partial charge >= 0.3 is 0 Å². The van der Waals surface area contributed by atoms with Gasteiger partial charge in [-0.15, -0.1) is 0 Å². The summed E-state index contributed by atoms with van der Waals surface area (Å²) in [5.41, 5.74) is 3.41. The van der Waals surface area contributed by atoms with Crippen LogP contribution in [0.1, 0.15) is 30.4 Å². The standard InChI is InChI=1S/C14H19BrN2O/c1-9-7-11(15)8-10(2)13(9)17-12-5-3-4-6-16-14(12)18/h7-8,12,17H,3-6H2,1-2H3,(H,16,18). The van der Waals surface area contributed by atoms with Gasteiger partial charge in [0.25, 0.3) is 0 Å². The summed E-state index contributed by atoms with van der Waals surface area (Å²) in [6.07, 6.45) is 3.06. The molecule has 1 aromatic carbocycles. The molecule has 0 saturated carbocycles. The molecule has 0 bridgehead atoms. The minimum Gasteiger partial charge on any atom is -0.373 e. The van der Waals surface area contributed by atoms with E-state index in [0.29, 0.717) is 0 Å². The van der Waals surface area contributed by atoms with E-state index in [0.717, 1.165) is 36.0 Å². The van der Waals surface area contributed by atoms with Gasteiger partial charge in [-0.05, 0) is 56.4 Å². The molecule has 1 aliphatic rings. The number of carbonyl (C=O) groups excluding carboxylic acids is 1. The second-order valence-electron chi connectivity index (χ2n) is 4.90. The van der Waals surface area contributed by atoms with E-state index in [4.69, 9.17) is 0 Å². The molecular formula is C14H19BrN2O. The van der Waals surface area contributed by atoms with Crippen LogP contribution in [0, 0.1) is 13.8 Å². The van der Waals surface area contributed by atoms with E-state index in [2.05, 4.69) is 52.5 Å². The van der Waals surface area contributed by atoms with Crippen LogP contribution >= 0.6 is 15.9 Å². The highest BCUT2D eigenvalue weighted by Crippen LogP contribution is 2.26. The minimum absolute atomic E-state index is 0.105. The molecule has 18 heavy (non-hydrogen) atoms. The van der Waals surface area contributed by atoms with Crippen LogP contribution in [0.25, 0.3) is 0 Å². The molecule has 3 nitrogen and oxygen atoms in total. The summed E-state index contributed by atoms with van der Waals surface area (Å²) in [5, 5.41) is 6.36. The third-order valence-corrected chi connectivity index (χ3v) is 3.81. The molecule has 1 aromatic rings. The Hall–Kier alpha value is -1.03. The van der Waals surface area contributed by atoms with Crippen molar-refractivity contribution in [2.24, 2.45) is 0 Å². The third kappa shape index (κ3) is 3.05. The first-order valence-corrected chi connectivity index (χ1v) is 7.18. The second-order valence-corrected chi connectivity index (χ2v) is 5.81. The van der Waals surface area contributed by atoms with Crippen LogP contribution in [-0.4, -0.2) is 18.5 Å². The average Bonchev–Trinajstić information content (AvgIpc) is 2.49. The lowest BCUT2D eigenvalue weighted by atomic mass is 10.1. The van der Waals surface area contributed by atoms with Crippen molar-refractivity contribution in [1.82, 2.24) is 5.32 Å². The number of carbonyl (C=O) groups is 1. The van der Waals surface area contributed by atoms with Crippen molar-refractivity contribution >= 4 is 27.5 Å². The SMILES string of the molecule is Cc1cc(Br)cc(C)c1NC1CCCCNC1=O. The largest absolute Gasteiger partial charge is 0.373 e. The van der Waals surface area contributed by atoms with Gasteiger partial charge in [0.2, 0.25) is 5.91 Å². The number of amides is 1. The number of rotatable bonds is 2. The summed E-state index contributed by atoms with van der Waals surface area (Å²) >= 11 is 3.49. The van der Waals surface area contributed by atoms with Crippen molar-refractivity contribution in [3.05, 3.63) is 27.7 Å². The Morgan fingerprint density at radius 2 is 1.94 bits per heavy atom. The number of benzene rings is 1. The zero-order valence-electron chi connectivity index (χ0n) is 10.8. The number of hydrogen-bond donors (Lipinski definition) is 2. The Balaban J connectivity index is 2.20. The average molecular weight is 311 g/mol. The molecule has 4 heteroatoms. The van der Waals surface area contributed by atoms with Crippen LogP contribution in [0.4, 0.5) is 5.69 Å². The smallest absolute Gasteiger partial charge is 0.242 e. The van der Waals surface area contributed by atoms with Crippen LogP contribution in [0.2, 0.25) is 0 Å². The highest BCUT2D eigenvalue weighted by atomic mass is 79.9. The zero-order valence-corrected chi connectivity index (χ0v) is 12.4. The molecule has 0 aromatic heterocycles. The first-order valence-electron chi connectivity index (χ1n) is 6.39. The topological polar surface area (TPSA) is 41.1 Å². The predicted molar refractivity (Wildman–Crippen MR) is 77.9 cm³/mol. The van der Waals surface area contributed by atoms with Crippen LogP contribution < -0.4 is 10.6 Å². The van der Waals surface area contributed by atoms with Crippen molar-refractivity contribution in [1.29, 1.82) is 0 Å².